The maximum Gasteiger partial charge on any atom is 0.244 e. The van der Waals surface area contributed by atoms with Crippen LogP contribution in [0.1, 0.15) is 24.5 Å². The lowest BCUT2D eigenvalue weighted by Gasteiger charge is -2.05. The van der Waals surface area contributed by atoms with Gasteiger partial charge >= 0.3 is 0 Å². The van der Waals surface area contributed by atoms with E-state index in [2.05, 4.69) is 27.9 Å². The normalized spacial score (nSPS) is 11.3. The van der Waals surface area contributed by atoms with E-state index in [0.29, 0.717) is 11.6 Å². The van der Waals surface area contributed by atoms with Crippen LogP contribution in [0, 0.1) is 0 Å². The molecule has 1 aromatic heterocycles. The van der Waals surface area contributed by atoms with Crippen LogP contribution in [0.25, 0.3) is 17.1 Å². The van der Waals surface area contributed by atoms with E-state index in [4.69, 9.17) is 11.6 Å². The summed E-state index contributed by atoms with van der Waals surface area (Å²) in [6, 6.07) is 13.5. The molecule has 0 atom stereocenters. The Bertz CT molecular complexity index is 914. The lowest BCUT2D eigenvalue weighted by atomic mass is 10.2. The maximum absolute atomic E-state index is 12.0. The highest BCUT2D eigenvalue weighted by Gasteiger charge is 2.04. The van der Waals surface area contributed by atoms with E-state index >= 15 is 0 Å². The van der Waals surface area contributed by atoms with Gasteiger partial charge in [0.15, 0.2) is 0 Å². The number of imidazole rings is 1. The molecule has 0 aliphatic heterocycles. The van der Waals surface area contributed by atoms with Crippen LogP contribution in [0.15, 0.2) is 54.9 Å². The van der Waals surface area contributed by atoms with Crippen LogP contribution in [-0.4, -0.2) is 15.5 Å². The Balaban J connectivity index is 1.62. The number of carbonyl (C=O) groups is 1. The molecule has 0 unspecified atom stereocenters. The van der Waals surface area contributed by atoms with E-state index in [-0.39, 0.29) is 5.91 Å². The third kappa shape index (κ3) is 4.28. The number of rotatable bonds is 6. The number of hydrogen-bond donors (Lipinski definition) is 1. The molecule has 0 aliphatic rings. The van der Waals surface area contributed by atoms with Crippen LogP contribution in [-0.2, 0) is 17.9 Å². The number of aromatic nitrogens is 2. The van der Waals surface area contributed by atoms with Crippen molar-refractivity contribution in [3.05, 3.63) is 71.0 Å². The molecule has 0 fully saturated rings. The van der Waals surface area contributed by atoms with Crippen molar-refractivity contribution in [1.29, 1.82) is 0 Å². The van der Waals surface area contributed by atoms with Crippen molar-refractivity contribution in [3.63, 3.8) is 0 Å². The summed E-state index contributed by atoms with van der Waals surface area (Å²) in [5.74, 6) is -0.156. The molecule has 3 rings (SSSR count). The molecule has 0 spiro atoms. The lowest BCUT2D eigenvalue weighted by molar-refractivity contribution is -0.116. The second-order valence-corrected chi connectivity index (χ2v) is 6.24. The first-order valence-electron chi connectivity index (χ1n) is 8.31. The highest BCUT2D eigenvalue weighted by Crippen LogP contribution is 2.17. The van der Waals surface area contributed by atoms with Crippen molar-refractivity contribution in [2.24, 2.45) is 0 Å². The van der Waals surface area contributed by atoms with Gasteiger partial charge in [-0.3, -0.25) is 4.79 Å². The molecule has 128 valence electrons. The van der Waals surface area contributed by atoms with Crippen LogP contribution in [0.2, 0.25) is 5.02 Å². The number of aryl methyl sites for hydroxylation is 1. The Kier molecular flexibility index (Phi) is 5.51. The van der Waals surface area contributed by atoms with Gasteiger partial charge in [0.25, 0.3) is 0 Å². The predicted octanol–water partition coefficient (Wildman–Crippen LogP) is 4.43. The first kappa shape index (κ1) is 17.2. The van der Waals surface area contributed by atoms with Crippen molar-refractivity contribution < 1.29 is 4.79 Å². The van der Waals surface area contributed by atoms with Crippen LogP contribution in [0.4, 0.5) is 0 Å². The second kappa shape index (κ2) is 7.99. The summed E-state index contributed by atoms with van der Waals surface area (Å²) < 4.78 is 2.14. The molecule has 0 saturated heterocycles. The quantitative estimate of drug-likeness (QED) is 0.666. The van der Waals surface area contributed by atoms with Gasteiger partial charge in [-0.1, -0.05) is 42.8 Å². The highest BCUT2D eigenvalue weighted by molar-refractivity contribution is 6.32. The maximum atomic E-state index is 12.0. The van der Waals surface area contributed by atoms with Crippen LogP contribution < -0.4 is 5.32 Å². The van der Waals surface area contributed by atoms with E-state index in [1.807, 2.05) is 36.7 Å². The molecule has 0 bridgehead atoms. The number of nitrogens with one attached hydrogen (secondary N) is 1. The zero-order valence-electron chi connectivity index (χ0n) is 14.1. The number of benzene rings is 2. The topological polar surface area (TPSA) is 46.9 Å². The first-order chi connectivity index (χ1) is 12.2. The molecule has 1 N–H and O–H groups in total. The van der Waals surface area contributed by atoms with Crippen LogP contribution in [0.3, 0.4) is 0 Å². The molecule has 5 heteroatoms. The van der Waals surface area contributed by atoms with E-state index < -0.39 is 0 Å². The first-order valence-corrected chi connectivity index (χ1v) is 8.69. The van der Waals surface area contributed by atoms with Crippen molar-refractivity contribution in [2.45, 2.75) is 26.4 Å². The van der Waals surface area contributed by atoms with Gasteiger partial charge < -0.3 is 9.88 Å². The Morgan fingerprint density at radius 2 is 2.12 bits per heavy atom. The van der Waals surface area contributed by atoms with Gasteiger partial charge in [0.2, 0.25) is 5.91 Å². The molecule has 4 nitrogen and oxygen atoms in total. The number of halogens is 1. The summed E-state index contributed by atoms with van der Waals surface area (Å²) in [4.78, 5) is 16.4. The zero-order chi connectivity index (χ0) is 17.6. The van der Waals surface area contributed by atoms with E-state index in [9.17, 15) is 4.79 Å². The van der Waals surface area contributed by atoms with Crippen LogP contribution >= 0.6 is 11.6 Å². The zero-order valence-corrected chi connectivity index (χ0v) is 14.8. The third-order valence-electron chi connectivity index (χ3n) is 3.94. The number of nitrogens with zero attached hydrogens (tertiary/aromatic N) is 2. The van der Waals surface area contributed by atoms with Crippen molar-refractivity contribution in [2.75, 3.05) is 0 Å². The summed E-state index contributed by atoms with van der Waals surface area (Å²) >= 11 is 6.07. The SMILES string of the molecule is CCCn1cnc2cc(CNC(=O)/C=C/c3ccccc3Cl)ccc21. The van der Waals surface area contributed by atoms with E-state index in [1.54, 1.807) is 12.1 Å². The van der Waals surface area contributed by atoms with Gasteiger partial charge in [0, 0.05) is 24.2 Å². The molecule has 3 aromatic rings. The summed E-state index contributed by atoms with van der Waals surface area (Å²) in [6.45, 7) is 3.56. The average molecular weight is 354 g/mol. The largest absolute Gasteiger partial charge is 0.348 e. The highest BCUT2D eigenvalue weighted by atomic mass is 35.5. The molecular formula is C20H20ClN3O. The Hall–Kier alpha value is -2.59. The third-order valence-corrected chi connectivity index (χ3v) is 4.28. The molecule has 25 heavy (non-hydrogen) atoms. The van der Waals surface area contributed by atoms with Gasteiger partial charge in [-0.05, 0) is 41.8 Å². The number of fused-ring (bicyclic) bond motifs is 1. The number of amides is 1. The fourth-order valence-electron chi connectivity index (χ4n) is 2.66. The summed E-state index contributed by atoms with van der Waals surface area (Å²) in [6.07, 6.45) is 6.15. The predicted molar refractivity (Wildman–Crippen MR) is 102 cm³/mol. The molecular weight excluding hydrogens is 334 g/mol. The molecule has 0 saturated carbocycles. The van der Waals surface area contributed by atoms with Gasteiger partial charge in [0.05, 0.1) is 17.4 Å². The number of carbonyl (C=O) groups excluding carboxylic acids is 1. The van der Waals surface area contributed by atoms with Crippen molar-refractivity contribution in [1.82, 2.24) is 14.9 Å². The van der Waals surface area contributed by atoms with Gasteiger partial charge in [-0.25, -0.2) is 4.98 Å². The minimum absolute atomic E-state index is 0.156. The molecule has 1 amide bonds. The van der Waals surface area contributed by atoms with Crippen LogP contribution in [0.5, 0.6) is 0 Å². The Morgan fingerprint density at radius 1 is 1.28 bits per heavy atom. The molecule has 0 aliphatic carbocycles. The van der Waals surface area contributed by atoms with E-state index in [0.717, 1.165) is 35.1 Å². The Labute approximate surface area is 152 Å². The summed E-state index contributed by atoms with van der Waals surface area (Å²) in [7, 11) is 0. The van der Waals surface area contributed by atoms with Crippen molar-refractivity contribution >= 4 is 34.6 Å². The average Bonchev–Trinajstić information content (AvgIpc) is 3.02. The fourth-order valence-corrected chi connectivity index (χ4v) is 2.86. The molecule has 2 aromatic carbocycles. The standard InChI is InChI=1S/C20H20ClN3O/c1-2-11-24-14-23-18-12-15(7-9-19(18)24)13-22-20(25)10-8-16-5-3-4-6-17(16)21/h3-10,12,14H,2,11,13H2,1H3,(H,22,25)/b10-8+. The monoisotopic (exact) mass is 353 g/mol. The van der Waals surface area contributed by atoms with Gasteiger partial charge in [-0.2, -0.15) is 0 Å². The van der Waals surface area contributed by atoms with Gasteiger partial charge in [-0.15, -0.1) is 0 Å². The lowest BCUT2D eigenvalue weighted by Crippen LogP contribution is -2.20. The fraction of sp³-hybridized carbons (Fsp3) is 0.200. The minimum atomic E-state index is -0.156. The Morgan fingerprint density at radius 3 is 2.92 bits per heavy atom. The number of hydrogen-bond acceptors (Lipinski definition) is 2. The molecule has 0 radical (unpaired) electrons. The minimum Gasteiger partial charge on any atom is -0.348 e. The summed E-state index contributed by atoms with van der Waals surface area (Å²) in [5.41, 5.74) is 3.92. The molecule has 1 heterocycles. The van der Waals surface area contributed by atoms with Gasteiger partial charge in [0.1, 0.15) is 0 Å². The summed E-state index contributed by atoms with van der Waals surface area (Å²) in [5, 5.41) is 3.51. The van der Waals surface area contributed by atoms with Crippen molar-refractivity contribution in [3.8, 4) is 0 Å². The smallest absolute Gasteiger partial charge is 0.244 e. The van der Waals surface area contributed by atoms with E-state index in [1.165, 1.54) is 6.08 Å². The second-order valence-electron chi connectivity index (χ2n) is 5.83.